The van der Waals surface area contributed by atoms with Gasteiger partial charge < -0.3 is 4.74 Å². The zero-order valence-electron chi connectivity index (χ0n) is 17.3. The summed E-state index contributed by atoms with van der Waals surface area (Å²) in [5.74, 6) is -0.426. The quantitative estimate of drug-likeness (QED) is 0.215. The van der Waals surface area contributed by atoms with Gasteiger partial charge in [0.15, 0.2) is 0 Å². The van der Waals surface area contributed by atoms with E-state index in [1.54, 1.807) is 24.3 Å². The van der Waals surface area contributed by atoms with Crippen molar-refractivity contribution in [3.8, 4) is 28.7 Å². The van der Waals surface area contributed by atoms with Gasteiger partial charge in [-0.3, -0.25) is 0 Å². The van der Waals surface area contributed by atoms with Crippen LogP contribution in [0.1, 0.15) is 36.5 Å². The Hall–Kier alpha value is -3.47. The third-order valence-electron chi connectivity index (χ3n) is 4.63. The first-order valence-corrected chi connectivity index (χ1v) is 9.90. The normalized spacial score (nSPS) is 11.2. The van der Waals surface area contributed by atoms with Gasteiger partial charge in [-0.25, -0.2) is 17.6 Å². The molecule has 0 saturated heterocycles. The number of hydrogen-bond donors (Lipinski definition) is 0. The van der Waals surface area contributed by atoms with Crippen LogP contribution in [0.4, 0.5) is 30.7 Å². The highest BCUT2D eigenvalue weighted by molar-refractivity contribution is 5.67. The van der Waals surface area contributed by atoms with E-state index in [0.717, 1.165) is 25.0 Å². The van der Waals surface area contributed by atoms with Crippen LogP contribution in [0, 0.1) is 35.1 Å². The van der Waals surface area contributed by atoms with Crippen LogP contribution in [0.2, 0.25) is 0 Å². The molecule has 0 amide bonds. The number of halogens is 7. The maximum Gasteiger partial charge on any atom is 0.422 e. The average molecular weight is 466 g/mol. The van der Waals surface area contributed by atoms with Gasteiger partial charge in [0.25, 0.3) is 0 Å². The fourth-order valence-electron chi connectivity index (χ4n) is 3.02. The average Bonchev–Trinajstić information content (AvgIpc) is 2.71. The molecule has 33 heavy (non-hydrogen) atoms. The second-order valence-electron chi connectivity index (χ2n) is 7.10. The number of hydrogen-bond acceptors (Lipinski definition) is 1. The summed E-state index contributed by atoms with van der Waals surface area (Å²) in [6.07, 6.45) is -3.37. The van der Waals surface area contributed by atoms with Gasteiger partial charge in [0.2, 0.25) is 0 Å². The van der Waals surface area contributed by atoms with E-state index in [-0.39, 0.29) is 17.7 Å². The van der Waals surface area contributed by atoms with Crippen molar-refractivity contribution in [3.63, 3.8) is 0 Å². The molecule has 0 N–H and O–H groups in total. The Bertz CT molecular complexity index is 1160. The molecule has 0 saturated carbocycles. The molecule has 0 spiro atoms. The van der Waals surface area contributed by atoms with Crippen molar-refractivity contribution in [3.05, 3.63) is 88.5 Å². The van der Waals surface area contributed by atoms with E-state index >= 15 is 0 Å². The molecule has 0 aliphatic carbocycles. The lowest BCUT2D eigenvalue weighted by Gasteiger charge is -2.12. The van der Waals surface area contributed by atoms with Crippen LogP contribution < -0.4 is 4.74 Å². The minimum absolute atomic E-state index is 0.0649. The Morgan fingerprint density at radius 2 is 1.30 bits per heavy atom. The lowest BCUT2D eigenvalue weighted by molar-refractivity contribution is -0.142. The largest absolute Gasteiger partial charge is 0.494 e. The summed E-state index contributed by atoms with van der Waals surface area (Å²) in [5.41, 5.74) is -3.21. The standard InChI is InChI=1S/C25H17F7O/c1-2-3-10-33-18-8-6-15(7-9-18)4-5-16-11-19(26)23(20(27)12-16)17-13-21(28)24(22(29)14-17)25(30,31)32/h6-9,11-14H,2-3,10H2,1H3. The predicted molar refractivity (Wildman–Crippen MR) is 110 cm³/mol. The van der Waals surface area contributed by atoms with Crippen molar-refractivity contribution in [2.45, 2.75) is 25.9 Å². The predicted octanol–water partition coefficient (Wildman–Crippen LogP) is 7.51. The molecular formula is C25H17F7O. The second kappa shape index (κ2) is 9.99. The van der Waals surface area contributed by atoms with Crippen LogP contribution in [0.3, 0.4) is 0 Å². The third-order valence-corrected chi connectivity index (χ3v) is 4.63. The molecule has 0 aliphatic heterocycles. The molecule has 0 aliphatic rings. The number of rotatable bonds is 5. The fraction of sp³-hybridized carbons (Fsp3) is 0.200. The van der Waals surface area contributed by atoms with Crippen molar-refractivity contribution in [1.29, 1.82) is 0 Å². The van der Waals surface area contributed by atoms with Gasteiger partial charge in [0, 0.05) is 11.1 Å². The summed E-state index contributed by atoms with van der Waals surface area (Å²) in [5, 5.41) is 0. The van der Waals surface area contributed by atoms with E-state index in [2.05, 4.69) is 11.8 Å². The molecule has 0 unspecified atom stereocenters. The highest BCUT2D eigenvalue weighted by Crippen LogP contribution is 2.37. The van der Waals surface area contributed by atoms with E-state index < -0.39 is 46.1 Å². The van der Waals surface area contributed by atoms with E-state index in [4.69, 9.17) is 4.74 Å². The van der Waals surface area contributed by atoms with Gasteiger partial charge in [0.1, 0.15) is 34.6 Å². The zero-order chi connectivity index (χ0) is 24.2. The van der Waals surface area contributed by atoms with E-state index in [0.29, 0.717) is 17.9 Å². The first-order chi connectivity index (χ1) is 15.6. The smallest absolute Gasteiger partial charge is 0.422 e. The Balaban J connectivity index is 1.86. The molecule has 0 bridgehead atoms. The van der Waals surface area contributed by atoms with Crippen LogP contribution in [0.5, 0.6) is 5.75 Å². The minimum atomic E-state index is -5.29. The first-order valence-electron chi connectivity index (χ1n) is 9.90. The number of ether oxygens (including phenoxy) is 1. The van der Waals surface area contributed by atoms with Crippen LogP contribution in [0.15, 0.2) is 48.5 Å². The molecule has 0 aromatic heterocycles. The molecule has 3 rings (SSSR count). The Morgan fingerprint density at radius 3 is 1.82 bits per heavy atom. The monoisotopic (exact) mass is 466 g/mol. The summed E-state index contributed by atoms with van der Waals surface area (Å²) < 4.78 is 100. The van der Waals surface area contributed by atoms with Crippen molar-refractivity contribution < 1.29 is 35.5 Å². The lowest BCUT2D eigenvalue weighted by atomic mass is 10.00. The molecule has 8 heteroatoms. The Morgan fingerprint density at radius 1 is 0.758 bits per heavy atom. The molecule has 172 valence electrons. The van der Waals surface area contributed by atoms with E-state index in [1.165, 1.54) is 0 Å². The first kappa shape index (κ1) is 24.2. The zero-order valence-corrected chi connectivity index (χ0v) is 17.3. The summed E-state index contributed by atoms with van der Waals surface area (Å²) in [4.78, 5) is 0. The molecule has 0 radical (unpaired) electrons. The van der Waals surface area contributed by atoms with Gasteiger partial charge in [-0.15, -0.1) is 0 Å². The molecule has 0 atom stereocenters. The SMILES string of the molecule is CCCCOc1ccc(C#Cc2cc(F)c(-c3cc(F)c(C(F)(F)F)c(F)c3)c(F)c2)cc1. The molecule has 1 nitrogen and oxygen atoms in total. The molecule has 3 aromatic rings. The molecule has 0 heterocycles. The Labute approximate surface area is 185 Å². The third kappa shape index (κ3) is 5.86. The molecular weight excluding hydrogens is 449 g/mol. The van der Waals surface area contributed by atoms with Crippen LogP contribution in [-0.2, 0) is 6.18 Å². The maximum atomic E-state index is 14.5. The number of unbranched alkanes of at least 4 members (excludes halogenated alkanes) is 1. The molecule has 0 fully saturated rings. The number of alkyl halides is 3. The summed E-state index contributed by atoms with van der Waals surface area (Å²) >= 11 is 0. The summed E-state index contributed by atoms with van der Waals surface area (Å²) in [7, 11) is 0. The fourth-order valence-corrected chi connectivity index (χ4v) is 3.02. The van der Waals surface area contributed by atoms with Crippen molar-refractivity contribution in [1.82, 2.24) is 0 Å². The van der Waals surface area contributed by atoms with Gasteiger partial charge in [-0.1, -0.05) is 25.2 Å². The van der Waals surface area contributed by atoms with Crippen LogP contribution in [0.25, 0.3) is 11.1 Å². The van der Waals surface area contributed by atoms with E-state index in [1.807, 2.05) is 6.92 Å². The van der Waals surface area contributed by atoms with Crippen molar-refractivity contribution >= 4 is 0 Å². The Kier molecular flexibility index (Phi) is 7.32. The molecule has 3 aromatic carbocycles. The maximum absolute atomic E-state index is 14.5. The van der Waals surface area contributed by atoms with Crippen molar-refractivity contribution in [2.75, 3.05) is 6.61 Å². The lowest BCUT2D eigenvalue weighted by Crippen LogP contribution is -2.11. The number of benzene rings is 3. The minimum Gasteiger partial charge on any atom is -0.494 e. The second-order valence-corrected chi connectivity index (χ2v) is 7.10. The highest BCUT2D eigenvalue weighted by Gasteiger charge is 2.38. The van der Waals surface area contributed by atoms with Gasteiger partial charge in [0.05, 0.1) is 12.2 Å². The summed E-state index contributed by atoms with van der Waals surface area (Å²) in [6.45, 7) is 2.62. The van der Waals surface area contributed by atoms with Crippen LogP contribution in [-0.4, -0.2) is 6.61 Å². The highest BCUT2D eigenvalue weighted by atomic mass is 19.4. The van der Waals surface area contributed by atoms with Gasteiger partial charge in [-0.2, -0.15) is 13.2 Å². The summed E-state index contributed by atoms with van der Waals surface area (Å²) in [6, 6.07) is 8.90. The van der Waals surface area contributed by atoms with E-state index in [9.17, 15) is 30.7 Å². The van der Waals surface area contributed by atoms with Crippen LogP contribution >= 0.6 is 0 Å². The van der Waals surface area contributed by atoms with Gasteiger partial charge in [-0.05, 0) is 60.5 Å². The van der Waals surface area contributed by atoms with Gasteiger partial charge >= 0.3 is 6.18 Å². The topological polar surface area (TPSA) is 9.23 Å². The van der Waals surface area contributed by atoms with Crippen molar-refractivity contribution in [2.24, 2.45) is 0 Å².